The van der Waals surface area contributed by atoms with E-state index >= 15 is 0 Å². The molecule has 3 heteroatoms. The Bertz CT molecular complexity index is 319. The van der Waals surface area contributed by atoms with E-state index in [4.69, 9.17) is 4.74 Å². The molecule has 0 radical (unpaired) electrons. The van der Waals surface area contributed by atoms with Crippen LogP contribution in [0.1, 0.15) is 6.42 Å². The van der Waals surface area contributed by atoms with E-state index in [9.17, 15) is 0 Å². The number of hydrogen-bond acceptors (Lipinski definition) is 3. The molecule has 82 valence electrons. The predicted octanol–water partition coefficient (Wildman–Crippen LogP) is 1.49. The molecule has 1 heterocycles. The average Bonchev–Trinajstić information content (AvgIpc) is 2.71. The van der Waals surface area contributed by atoms with Crippen molar-refractivity contribution in [1.82, 2.24) is 5.32 Å². The first-order valence-corrected chi connectivity index (χ1v) is 5.40. The molecule has 2 rings (SSSR count). The van der Waals surface area contributed by atoms with Crippen molar-refractivity contribution in [3.05, 3.63) is 24.3 Å². The van der Waals surface area contributed by atoms with Gasteiger partial charge in [0.25, 0.3) is 0 Å². The molecule has 1 fully saturated rings. The summed E-state index contributed by atoms with van der Waals surface area (Å²) in [6, 6.07) is 8.22. The lowest BCUT2D eigenvalue weighted by atomic mass is 10.2. The van der Waals surface area contributed by atoms with Crippen LogP contribution < -0.4 is 15.0 Å². The van der Waals surface area contributed by atoms with Crippen LogP contribution in [0.3, 0.4) is 0 Å². The molecule has 0 bridgehead atoms. The van der Waals surface area contributed by atoms with Gasteiger partial charge in [-0.2, -0.15) is 0 Å². The fourth-order valence-corrected chi connectivity index (χ4v) is 1.76. The van der Waals surface area contributed by atoms with Gasteiger partial charge in [0.2, 0.25) is 0 Å². The average molecular weight is 206 g/mol. The van der Waals surface area contributed by atoms with Crippen LogP contribution in [-0.2, 0) is 0 Å². The monoisotopic (exact) mass is 206 g/mol. The zero-order valence-corrected chi connectivity index (χ0v) is 9.36. The van der Waals surface area contributed by atoms with Gasteiger partial charge in [0.05, 0.1) is 0 Å². The van der Waals surface area contributed by atoms with Crippen molar-refractivity contribution in [2.75, 3.05) is 32.1 Å². The Morgan fingerprint density at radius 2 is 2.27 bits per heavy atom. The highest BCUT2D eigenvalue weighted by Crippen LogP contribution is 2.21. The first-order valence-electron chi connectivity index (χ1n) is 5.40. The topological polar surface area (TPSA) is 24.5 Å². The highest BCUT2D eigenvalue weighted by atomic mass is 16.5. The molecule has 0 aromatic heterocycles. The van der Waals surface area contributed by atoms with Crippen molar-refractivity contribution in [2.24, 2.45) is 0 Å². The van der Waals surface area contributed by atoms with Crippen LogP contribution in [0, 0.1) is 0 Å². The summed E-state index contributed by atoms with van der Waals surface area (Å²) >= 11 is 0. The van der Waals surface area contributed by atoms with Gasteiger partial charge in [0.1, 0.15) is 11.9 Å². The standard InChI is InChI=1S/C12H18N2O/c1-14(2)10-4-3-5-11(8-10)15-12-6-7-13-9-12/h3-5,8,12-13H,6-7,9H2,1-2H3. The number of benzene rings is 1. The summed E-state index contributed by atoms with van der Waals surface area (Å²) in [5.74, 6) is 0.968. The highest BCUT2D eigenvalue weighted by Gasteiger charge is 2.15. The molecule has 1 N–H and O–H groups in total. The molecular formula is C12H18N2O. The summed E-state index contributed by atoms with van der Waals surface area (Å²) in [7, 11) is 4.08. The quantitative estimate of drug-likeness (QED) is 0.811. The normalized spacial score (nSPS) is 20.3. The summed E-state index contributed by atoms with van der Waals surface area (Å²) in [5, 5.41) is 3.29. The number of rotatable bonds is 3. The third-order valence-electron chi connectivity index (χ3n) is 2.65. The fourth-order valence-electron chi connectivity index (χ4n) is 1.76. The van der Waals surface area contributed by atoms with Gasteiger partial charge in [0.15, 0.2) is 0 Å². The van der Waals surface area contributed by atoms with E-state index in [2.05, 4.69) is 22.3 Å². The van der Waals surface area contributed by atoms with Crippen LogP contribution in [0.5, 0.6) is 5.75 Å². The Kier molecular flexibility index (Phi) is 3.11. The number of nitrogens with one attached hydrogen (secondary N) is 1. The van der Waals surface area contributed by atoms with E-state index in [1.807, 2.05) is 26.2 Å². The smallest absolute Gasteiger partial charge is 0.121 e. The Morgan fingerprint density at radius 3 is 2.93 bits per heavy atom. The first kappa shape index (κ1) is 10.3. The molecule has 1 aliphatic rings. The van der Waals surface area contributed by atoms with Crippen molar-refractivity contribution in [1.29, 1.82) is 0 Å². The van der Waals surface area contributed by atoms with Gasteiger partial charge >= 0.3 is 0 Å². The van der Waals surface area contributed by atoms with Crippen molar-refractivity contribution in [3.63, 3.8) is 0 Å². The van der Waals surface area contributed by atoms with E-state index in [1.54, 1.807) is 0 Å². The third-order valence-corrected chi connectivity index (χ3v) is 2.65. The second kappa shape index (κ2) is 4.53. The number of ether oxygens (including phenoxy) is 1. The molecule has 1 aliphatic heterocycles. The number of hydrogen-bond donors (Lipinski definition) is 1. The van der Waals surface area contributed by atoms with Crippen LogP contribution in [0.2, 0.25) is 0 Å². The molecular weight excluding hydrogens is 188 g/mol. The van der Waals surface area contributed by atoms with Gasteiger partial charge in [0, 0.05) is 32.4 Å². The SMILES string of the molecule is CN(C)c1cccc(OC2CCNC2)c1. The van der Waals surface area contributed by atoms with E-state index < -0.39 is 0 Å². The Labute approximate surface area is 91.0 Å². The van der Waals surface area contributed by atoms with Gasteiger partial charge in [-0.15, -0.1) is 0 Å². The molecule has 15 heavy (non-hydrogen) atoms. The maximum absolute atomic E-state index is 5.88. The summed E-state index contributed by atoms with van der Waals surface area (Å²) < 4.78 is 5.88. The van der Waals surface area contributed by atoms with Gasteiger partial charge in [-0.3, -0.25) is 0 Å². The lowest BCUT2D eigenvalue weighted by Gasteiger charge is -2.16. The van der Waals surface area contributed by atoms with Crippen molar-refractivity contribution in [2.45, 2.75) is 12.5 Å². The molecule has 0 amide bonds. The van der Waals surface area contributed by atoms with Crippen LogP contribution in [-0.4, -0.2) is 33.3 Å². The van der Waals surface area contributed by atoms with Crippen LogP contribution >= 0.6 is 0 Å². The maximum Gasteiger partial charge on any atom is 0.121 e. The minimum absolute atomic E-state index is 0.336. The van der Waals surface area contributed by atoms with Gasteiger partial charge in [-0.25, -0.2) is 0 Å². The van der Waals surface area contributed by atoms with E-state index in [0.29, 0.717) is 6.10 Å². The summed E-state index contributed by atoms with van der Waals surface area (Å²) in [6.07, 6.45) is 1.44. The number of nitrogens with zero attached hydrogens (tertiary/aromatic N) is 1. The summed E-state index contributed by atoms with van der Waals surface area (Å²) in [5.41, 5.74) is 1.18. The fraction of sp³-hybridized carbons (Fsp3) is 0.500. The zero-order valence-electron chi connectivity index (χ0n) is 9.36. The Hall–Kier alpha value is -1.22. The minimum Gasteiger partial charge on any atom is -0.489 e. The Balaban J connectivity index is 2.04. The van der Waals surface area contributed by atoms with Crippen molar-refractivity contribution < 1.29 is 4.74 Å². The second-order valence-electron chi connectivity index (χ2n) is 4.12. The highest BCUT2D eigenvalue weighted by molar-refractivity contribution is 5.49. The lowest BCUT2D eigenvalue weighted by Crippen LogP contribution is -2.19. The largest absolute Gasteiger partial charge is 0.489 e. The molecule has 0 aliphatic carbocycles. The Morgan fingerprint density at radius 1 is 1.40 bits per heavy atom. The first-order chi connectivity index (χ1) is 7.25. The van der Waals surface area contributed by atoms with Crippen molar-refractivity contribution >= 4 is 5.69 Å². The molecule has 0 saturated carbocycles. The second-order valence-corrected chi connectivity index (χ2v) is 4.12. The van der Waals surface area contributed by atoms with E-state index in [1.165, 1.54) is 5.69 Å². The van der Waals surface area contributed by atoms with Gasteiger partial charge in [-0.1, -0.05) is 6.07 Å². The van der Waals surface area contributed by atoms with Crippen LogP contribution in [0.15, 0.2) is 24.3 Å². The molecule has 1 atom stereocenters. The molecule has 1 saturated heterocycles. The third kappa shape index (κ3) is 2.63. The molecule has 1 aromatic carbocycles. The van der Waals surface area contributed by atoms with E-state index in [-0.39, 0.29) is 0 Å². The lowest BCUT2D eigenvalue weighted by molar-refractivity contribution is 0.223. The van der Waals surface area contributed by atoms with Crippen LogP contribution in [0.25, 0.3) is 0 Å². The zero-order chi connectivity index (χ0) is 10.7. The van der Waals surface area contributed by atoms with Gasteiger partial charge in [-0.05, 0) is 25.1 Å². The summed E-state index contributed by atoms with van der Waals surface area (Å²) in [4.78, 5) is 2.08. The van der Waals surface area contributed by atoms with Gasteiger partial charge < -0.3 is 15.0 Å². The predicted molar refractivity (Wildman–Crippen MR) is 62.7 cm³/mol. The molecule has 1 aromatic rings. The summed E-state index contributed by atoms with van der Waals surface area (Å²) in [6.45, 7) is 2.03. The molecule has 3 nitrogen and oxygen atoms in total. The van der Waals surface area contributed by atoms with Crippen LogP contribution in [0.4, 0.5) is 5.69 Å². The molecule has 1 unspecified atom stereocenters. The van der Waals surface area contributed by atoms with Crippen molar-refractivity contribution in [3.8, 4) is 5.75 Å². The number of anilines is 1. The van der Waals surface area contributed by atoms with E-state index in [0.717, 1.165) is 25.3 Å². The molecule has 0 spiro atoms. The maximum atomic E-state index is 5.88. The minimum atomic E-state index is 0.336.